The highest BCUT2D eigenvalue weighted by atomic mass is 32.2. The van der Waals surface area contributed by atoms with Gasteiger partial charge in [0.05, 0.1) is 11.2 Å². The summed E-state index contributed by atoms with van der Waals surface area (Å²) < 4.78 is 7.52. The summed E-state index contributed by atoms with van der Waals surface area (Å²) in [4.78, 5) is 0. The molecule has 24 heavy (non-hydrogen) atoms. The fourth-order valence-electron chi connectivity index (χ4n) is 3.46. The molecule has 1 saturated heterocycles. The Morgan fingerprint density at radius 1 is 0.875 bits per heavy atom. The molecule has 1 aliphatic heterocycles. The van der Waals surface area contributed by atoms with Crippen LogP contribution in [-0.2, 0) is 4.43 Å². The number of thioether (sulfide) groups is 2. The summed E-state index contributed by atoms with van der Waals surface area (Å²) in [6.45, 7) is 7.86. The van der Waals surface area contributed by atoms with E-state index in [1.54, 1.807) is 0 Å². The minimum Gasteiger partial charge on any atom is -0.405 e. The van der Waals surface area contributed by atoms with E-state index >= 15 is 0 Å². The lowest BCUT2D eigenvalue weighted by atomic mass is 10.2. The number of rotatable bonds is 5. The molecule has 128 valence electrons. The van der Waals surface area contributed by atoms with E-state index in [-0.39, 0.29) is 5.04 Å². The molecule has 1 heterocycles. The maximum absolute atomic E-state index is 6.95. The third-order valence-corrected chi connectivity index (χ3v) is 12.5. The number of hydrogen-bond donors (Lipinski definition) is 0. The Balaban J connectivity index is 2.06. The summed E-state index contributed by atoms with van der Waals surface area (Å²) in [5, 5.41) is 2.82. The first-order valence-electron chi connectivity index (χ1n) is 8.52. The molecular weight excluding hydrogens is 348 g/mol. The van der Waals surface area contributed by atoms with Crippen molar-refractivity contribution in [1.82, 2.24) is 0 Å². The SMILES string of the molecule is CC(C)(C)[Si](OCC1SCCS1)(c1ccccc1)c1ccccc1. The lowest BCUT2D eigenvalue weighted by molar-refractivity contribution is 0.316. The second-order valence-electron chi connectivity index (χ2n) is 7.15. The second-order valence-corrected chi connectivity index (χ2v) is 14.4. The summed E-state index contributed by atoms with van der Waals surface area (Å²) in [5.74, 6) is 2.50. The van der Waals surface area contributed by atoms with Crippen molar-refractivity contribution >= 4 is 42.2 Å². The van der Waals surface area contributed by atoms with E-state index in [0.29, 0.717) is 4.58 Å². The molecule has 0 N–H and O–H groups in total. The minimum atomic E-state index is -2.34. The molecular formula is C20H26OS2Si. The molecule has 0 atom stereocenters. The predicted molar refractivity (Wildman–Crippen MR) is 112 cm³/mol. The molecule has 1 fully saturated rings. The van der Waals surface area contributed by atoms with Crippen molar-refractivity contribution < 1.29 is 4.43 Å². The molecule has 0 aliphatic carbocycles. The Labute approximate surface area is 155 Å². The quantitative estimate of drug-likeness (QED) is 0.719. The van der Waals surface area contributed by atoms with Crippen LogP contribution in [0.4, 0.5) is 0 Å². The van der Waals surface area contributed by atoms with Gasteiger partial charge in [-0.3, -0.25) is 0 Å². The Hall–Kier alpha value is -0.683. The smallest absolute Gasteiger partial charge is 0.261 e. The molecule has 1 aliphatic rings. The third-order valence-electron chi connectivity index (χ3n) is 4.54. The highest BCUT2D eigenvalue weighted by Gasteiger charge is 2.50. The van der Waals surface area contributed by atoms with Crippen molar-refractivity contribution in [2.45, 2.75) is 30.4 Å². The zero-order chi connectivity index (χ0) is 17.0. The van der Waals surface area contributed by atoms with Gasteiger partial charge in [-0.2, -0.15) is 0 Å². The lowest BCUT2D eigenvalue weighted by Gasteiger charge is -2.43. The lowest BCUT2D eigenvalue weighted by Crippen LogP contribution is -2.66. The fraction of sp³-hybridized carbons (Fsp3) is 0.400. The van der Waals surface area contributed by atoms with Gasteiger partial charge in [0.1, 0.15) is 0 Å². The third kappa shape index (κ3) is 3.62. The Morgan fingerprint density at radius 2 is 1.33 bits per heavy atom. The van der Waals surface area contributed by atoms with E-state index in [1.165, 1.54) is 21.9 Å². The van der Waals surface area contributed by atoms with Crippen LogP contribution in [0.5, 0.6) is 0 Å². The Morgan fingerprint density at radius 3 is 1.75 bits per heavy atom. The van der Waals surface area contributed by atoms with Gasteiger partial charge >= 0.3 is 0 Å². The molecule has 2 aromatic rings. The van der Waals surface area contributed by atoms with Crippen LogP contribution < -0.4 is 10.4 Å². The summed E-state index contributed by atoms with van der Waals surface area (Å²) in [6, 6.07) is 21.8. The predicted octanol–water partition coefficient (Wildman–Crippen LogP) is 4.37. The topological polar surface area (TPSA) is 9.23 Å². The van der Waals surface area contributed by atoms with Crippen molar-refractivity contribution in [3.05, 3.63) is 60.7 Å². The molecule has 0 radical (unpaired) electrons. The molecule has 0 aromatic heterocycles. The van der Waals surface area contributed by atoms with Crippen LogP contribution in [0, 0.1) is 0 Å². The van der Waals surface area contributed by atoms with Gasteiger partial charge in [-0.25, -0.2) is 0 Å². The summed E-state index contributed by atoms with van der Waals surface area (Å²) >= 11 is 4.09. The standard InChI is InChI=1S/C20H26OS2Si/c1-20(2,3)24(17-10-6-4-7-11-17,18-12-8-5-9-13-18)21-16-19-22-14-15-23-19/h4-13,19H,14-16H2,1-3H3. The van der Waals surface area contributed by atoms with Gasteiger partial charge < -0.3 is 4.43 Å². The largest absolute Gasteiger partial charge is 0.405 e. The fourth-order valence-corrected chi connectivity index (χ4v) is 10.9. The van der Waals surface area contributed by atoms with Crippen molar-refractivity contribution in [3.8, 4) is 0 Å². The summed E-state index contributed by atoms with van der Waals surface area (Å²) in [7, 11) is -2.34. The maximum atomic E-state index is 6.95. The molecule has 0 bridgehead atoms. The van der Waals surface area contributed by atoms with E-state index in [0.717, 1.165) is 6.61 Å². The minimum absolute atomic E-state index is 0.0731. The molecule has 2 aromatic carbocycles. The van der Waals surface area contributed by atoms with Gasteiger partial charge in [0.25, 0.3) is 8.32 Å². The first-order chi connectivity index (χ1) is 11.5. The second kappa shape index (κ2) is 7.69. The normalized spacial score (nSPS) is 16.5. The monoisotopic (exact) mass is 374 g/mol. The van der Waals surface area contributed by atoms with Gasteiger partial charge in [-0.1, -0.05) is 81.4 Å². The molecule has 0 saturated carbocycles. The highest BCUT2D eigenvalue weighted by molar-refractivity contribution is 8.20. The van der Waals surface area contributed by atoms with Crippen LogP contribution in [0.25, 0.3) is 0 Å². The van der Waals surface area contributed by atoms with Crippen LogP contribution >= 0.6 is 23.5 Å². The molecule has 0 spiro atoms. The summed E-state index contributed by atoms with van der Waals surface area (Å²) in [6.07, 6.45) is 0. The van der Waals surface area contributed by atoms with Crippen LogP contribution in [0.15, 0.2) is 60.7 Å². The van der Waals surface area contributed by atoms with E-state index in [9.17, 15) is 0 Å². The highest BCUT2D eigenvalue weighted by Crippen LogP contribution is 2.39. The zero-order valence-electron chi connectivity index (χ0n) is 14.7. The number of hydrogen-bond acceptors (Lipinski definition) is 3. The van der Waals surface area contributed by atoms with Crippen LogP contribution in [0.3, 0.4) is 0 Å². The molecule has 4 heteroatoms. The van der Waals surface area contributed by atoms with E-state index in [1.807, 2.05) is 23.5 Å². The maximum Gasteiger partial charge on any atom is 0.261 e. The first-order valence-corrected chi connectivity index (χ1v) is 12.5. The van der Waals surface area contributed by atoms with Crippen LogP contribution in [-0.4, -0.2) is 31.0 Å². The first kappa shape index (κ1) is 18.1. The van der Waals surface area contributed by atoms with Gasteiger partial charge in [0, 0.05) is 11.5 Å². The molecule has 0 unspecified atom stereocenters. The zero-order valence-corrected chi connectivity index (χ0v) is 17.3. The van der Waals surface area contributed by atoms with Crippen molar-refractivity contribution in [3.63, 3.8) is 0 Å². The van der Waals surface area contributed by atoms with Crippen molar-refractivity contribution in [1.29, 1.82) is 0 Å². The molecule has 0 amide bonds. The average molecular weight is 375 g/mol. The van der Waals surface area contributed by atoms with Crippen molar-refractivity contribution in [2.75, 3.05) is 18.1 Å². The molecule has 1 nitrogen and oxygen atoms in total. The van der Waals surface area contributed by atoms with E-state index < -0.39 is 8.32 Å². The van der Waals surface area contributed by atoms with Gasteiger partial charge in [0.15, 0.2) is 0 Å². The van der Waals surface area contributed by atoms with Gasteiger partial charge in [-0.15, -0.1) is 23.5 Å². The Bertz CT molecular complexity index is 594. The van der Waals surface area contributed by atoms with E-state index in [4.69, 9.17) is 4.43 Å². The summed E-state index contributed by atoms with van der Waals surface area (Å²) in [5.41, 5.74) is 0. The van der Waals surface area contributed by atoms with Gasteiger partial charge in [0.2, 0.25) is 0 Å². The van der Waals surface area contributed by atoms with Crippen LogP contribution in [0.2, 0.25) is 5.04 Å². The van der Waals surface area contributed by atoms with Crippen LogP contribution in [0.1, 0.15) is 20.8 Å². The van der Waals surface area contributed by atoms with Gasteiger partial charge in [-0.05, 0) is 15.4 Å². The number of benzene rings is 2. The van der Waals surface area contributed by atoms with E-state index in [2.05, 4.69) is 81.4 Å². The Kier molecular flexibility index (Phi) is 5.80. The van der Waals surface area contributed by atoms with Crippen molar-refractivity contribution in [2.24, 2.45) is 0 Å². The average Bonchev–Trinajstić information content (AvgIpc) is 3.10. The molecule has 3 rings (SSSR count).